The molecule has 0 aromatic heterocycles. The average molecular weight is 414 g/mol. The summed E-state index contributed by atoms with van der Waals surface area (Å²) >= 11 is 0. The highest BCUT2D eigenvalue weighted by Gasteiger charge is 2.31. The maximum absolute atomic E-state index is 13.1. The number of phenols is 1. The van der Waals surface area contributed by atoms with Gasteiger partial charge >= 0.3 is 0 Å². The first-order valence-corrected chi connectivity index (χ1v) is 10.8. The molecule has 1 fully saturated rings. The van der Waals surface area contributed by atoms with E-state index in [0.29, 0.717) is 25.4 Å². The van der Waals surface area contributed by atoms with Gasteiger partial charge in [-0.15, -0.1) is 0 Å². The molecule has 0 radical (unpaired) electrons. The van der Waals surface area contributed by atoms with Crippen LogP contribution in [0.15, 0.2) is 48.5 Å². The molecule has 1 saturated heterocycles. The van der Waals surface area contributed by atoms with Crippen molar-refractivity contribution in [1.29, 1.82) is 0 Å². The maximum Gasteiger partial charge on any atom is 0.226 e. The van der Waals surface area contributed by atoms with Crippen molar-refractivity contribution >= 4 is 5.91 Å². The SMILES string of the molecule is CCOc1cccc(C[NH+]2CCC(C(=O)N(CCO)Cc3ccccc3)CC2)c1O. The number of ether oxygens (including phenoxy) is 1. The number of hydrogen-bond acceptors (Lipinski definition) is 4. The van der Waals surface area contributed by atoms with Crippen molar-refractivity contribution < 1.29 is 24.6 Å². The third kappa shape index (κ3) is 5.74. The van der Waals surface area contributed by atoms with Gasteiger partial charge in [0.1, 0.15) is 6.54 Å². The van der Waals surface area contributed by atoms with Gasteiger partial charge in [0.2, 0.25) is 5.91 Å². The number of piperidine rings is 1. The number of carbonyl (C=O) groups excluding carboxylic acids is 1. The normalized spacial score (nSPS) is 18.7. The van der Waals surface area contributed by atoms with Crippen molar-refractivity contribution in [2.45, 2.75) is 32.9 Å². The number of amides is 1. The molecule has 2 aromatic rings. The molecule has 0 spiro atoms. The number of nitrogens with one attached hydrogen (secondary N) is 1. The second kappa shape index (κ2) is 11.0. The van der Waals surface area contributed by atoms with Crippen LogP contribution in [-0.4, -0.2) is 53.9 Å². The molecule has 0 unspecified atom stereocenters. The number of hydrogen-bond donors (Lipinski definition) is 3. The first-order valence-electron chi connectivity index (χ1n) is 10.8. The highest BCUT2D eigenvalue weighted by molar-refractivity contribution is 5.79. The van der Waals surface area contributed by atoms with Crippen molar-refractivity contribution in [3.05, 3.63) is 59.7 Å². The summed E-state index contributed by atoms with van der Waals surface area (Å²) in [5.74, 6) is 0.877. The van der Waals surface area contributed by atoms with Crippen LogP contribution in [0.2, 0.25) is 0 Å². The molecule has 0 atom stereocenters. The van der Waals surface area contributed by atoms with Crippen molar-refractivity contribution in [1.82, 2.24) is 4.90 Å². The molecule has 1 aliphatic heterocycles. The smallest absolute Gasteiger partial charge is 0.226 e. The van der Waals surface area contributed by atoms with E-state index < -0.39 is 0 Å². The zero-order valence-corrected chi connectivity index (χ0v) is 17.7. The first-order chi connectivity index (χ1) is 14.6. The van der Waals surface area contributed by atoms with Crippen LogP contribution in [-0.2, 0) is 17.9 Å². The third-order valence-corrected chi connectivity index (χ3v) is 5.76. The molecule has 0 aliphatic carbocycles. The van der Waals surface area contributed by atoms with Gasteiger partial charge in [-0.05, 0) is 24.6 Å². The Morgan fingerprint density at radius 2 is 1.87 bits per heavy atom. The van der Waals surface area contributed by atoms with Gasteiger partial charge in [0.05, 0.1) is 31.9 Å². The van der Waals surface area contributed by atoms with E-state index in [1.54, 1.807) is 11.0 Å². The van der Waals surface area contributed by atoms with E-state index >= 15 is 0 Å². The number of likely N-dealkylation sites (tertiary alicyclic amines) is 1. The first kappa shape index (κ1) is 22.1. The second-order valence-corrected chi connectivity index (χ2v) is 7.87. The summed E-state index contributed by atoms with van der Waals surface area (Å²) in [6, 6.07) is 15.5. The number of para-hydroxylation sites is 1. The predicted molar refractivity (Wildman–Crippen MR) is 115 cm³/mol. The summed E-state index contributed by atoms with van der Waals surface area (Å²) in [6.45, 7) is 5.77. The Hall–Kier alpha value is -2.57. The number of quaternary nitrogens is 1. The third-order valence-electron chi connectivity index (χ3n) is 5.76. The summed E-state index contributed by atoms with van der Waals surface area (Å²) in [6.07, 6.45) is 1.63. The number of phenolic OH excluding ortho intramolecular Hbond substituents is 1. The number of rotatable bonds is 9. The van der Waals surface area contributed by atoms with Crippen LogP contribution in [0.1, 0.15) is 30.9 Å². The Morgan fingerprint density at radius 1 is 1.13 bits per heavy atom. The Morgan fingerprint density at radius 3 is 2.53 bits per heavy atom. The number of aliphatic hydroxyl groups is 1. The van der Waals surface area contributed by atoms with E-state index in [2.05, 4.69) is 0 Å². The Labute approximate surface area is 178 Å². The number of carbonyl (C=O) groups is 1. The highest BCUT2D eigenvalue weighted by atomic mass is 16.5. The maximum atomic E-state index is 13.1. The van der Waals surface area contributed by atoms with Crippen molar-refractivity contribution in [2.75, 3.05) is 32.8 Å². The summed E-state index contributed by atoms with van der Waals surface area (Å²) in [7, 11) is 0. The van der Waals surface area contributed by atoms with E-state index in [-0.39, 0.29) is 24.2 Å². The van der Waals surface area contributed by atoms with Crippen LogP contribution in [0.4, 0.5) is 0 Å². The Bertz CT molecular complexity index is 804. The van der Waals surface area contributed by atoms with Crippen LogP contribution < -0.4 is 9.64 Å². The van der Waals surface area contributed by atoms with E-state index in [0.717, 1.165) is 43.6 Å². The molecule has 0 bridgehead atoms. The lowest BCUT2D eigenvalue weighted by Gasteiger charge is -2.32. The molecular weight excluding hydrogens is 380 g/mol. The molecule has 30 heavy (non-hydrogen) atoms. The fourth-order valence-electron chi connectivity index (χ4n) is 4.15. The topological polar surface area (TPSA) is 74.4 Å². The average Bonchev–Trinajstić information content (AvgIpc) is 2.77. The monoisotopic (exact) mass is 413 g/mol. The minimum atomic E-state index is -0.0296. The second-order valence-electron chi connectivity index (χ2n) is 7.87. The van der Waals surface area contributed by atoms with Gasteiger partial charge in [-0.1, -0.05) is 36.4 Å². The van der Waals surface area contributed by atoms with Gasteiger partial charge in [0.25, 0.3) is 0 Å². The fourth-order valence-corrected chi connectivity index (χ4v) is 4.15. The van der Waals surface area contributed by atoms with Gasteiger partial charge < -0.3 is 24.7 Å². The molecule has 3 rings (SSSR count). The van der Waals surface area contributed by atoms with Gasteiger partial charge in [-0.25, -0.2) is 0 Å². The van der Waals surface area contributed by atoms with Gasteiger partial charge in [0, 0.05) is 31.8 Å². The molecule has 2 aromatic carbocycles. The minimum absolute atomic E-state index is 0.00707. The minimum Gasteiger partial charge on any atom is -0.504 e. The molecule has 0 saturated carbocycles. The summed E-state index contributed by atoms with van der Waals surface area (Å²) in [4.78, 5) is 16.2. The van der Waals surface area contributed by atoms with Crippen molar-refractivity contribution in [3.8, 4) is 11.5 Å². The summed E-state index contributed by atoms with van der Waals surface area (Å²) in [5, 5.41) is 19.9. The number of nitrogens with zero attached hydrogens (tertiary/aromatic N) is 1. The van der Waals surface area contributed by atoms with E-state index in [4.69, 9.17) is 4.74 Å². The van der Waals surface area contributed by atoms with Crippen molar-refractivity contribution in [3.63, 3.8) is 0 Å². The van der Waals surface area contributed by atoms with E-state index in [1.165, 1.54) is 4.90 Å². The Kier molecular flexibility index (Phi) is 8.11. The molecule has 3 N–H and O–H groups in total. The molecule has 6 nitrogen and oxygen atoms in total. The number of benzene rings is 2. The lowest BCUT2D eigenvalue weighted by Crippen LogP contribution is -3.11. The summed E-state index contributed by atoms with van der Waals surface area (Å²) < 4.78 is 5.48. The lowest BCUT2D eigenvalue weighted by molar-refractivity contribution is -0.919. The molecule has 1 heterocycles. The largest absolute Gasteiger partial charge is 0.504 e. The molecule has 1 amide bonds. The summed E-state index contributed by atoms with van der Waals surface area (Å²) in [5.41, 5.74) is 1.96. The zero-order valence-electron chi connectivity index (χ0n) is 17.7. The number of aliphatic hydroxyl groups excluding tert-OH is 1. The Balaban J connectivity index is 1.56. The van der Waals surface area contributed by atoms with Crippen LogP contribution >= 0.6 is 0 Å². The lowest BCUT2D eigenvalue weighted by atomic mass is 9.94. The van der Waals surface area contributed by atoms with Crippen molar-refractivity contribution in [2.24, 2.45) is 5.92 Å². The molecular formula is C24H33N2O4+. The highest BCUT2D eigenvalue weighted by Crippen LogP contribution is 2.29. The van der Waals surface area contributed by atoms with Gasteiger partial charge in [0.15, 0.2) is 11.5 Å². The van der Waals surface area contributed by atoms with Gasteiger partial charge in [-0.2, -0.15) is 0 Å². The standard InChI is InChI=1S/C24H32N2O4/c1-2-30-22-10-6-9-21(23(22)28)18-25-13-11-20(12-14-25)24(29)26(15-16-27)17-19-7-4-3-5-8-19/h3-10,20,27-28H,2,11-18H2,1H3/p+1. The van der Waals surface area contributed by atoms with E-state index in [9.17, 15) is 15.0 Å². The van der Waals surface area contributed by atoms with Crippen LogP contribution in [0.5, 0.6) is 11.5 Å². The van der Waals surface area contributed by atoms with Gasteiger partial charge in [-0.3, -0.25) is 4.79 Å². The van der Waals surface area contributed by atoms with E-state index in [1.807, 2.05) is 49.4 Å². The number of aromatic hydroxyl groups is 1. The molecule has 162 valence electrons. The van der Waals surface area contributed by atoms with Crippen LogP contribution in [0.25, 0.3) is 0 Å². The predicted octanol–water partition coefficient (Wildman–Crippen LogP) is 1.61. The fraction of sp³-hybridized carbons (Fsp3) is 0.458. The van der Waals surface area contributed by atoms with Crippen LogP contribution in [0, 0.1) is 5.92 Å². The quantitative estimate of drug-likeness (QED) is 0.584. The zero-order chi connectivity index (χ0) is 21.3. The molecule has 6 heteroatoms. The molecule has 1 aliphatic rings. The van der Waals surface area contributed by atoms with Crippen LogP contribution in [0.3, 0.4) is 0 Å².